The number of rotatable bonds is 20. The SMILES string of the molecule is CC/C=C\C/C=C\C/C=C\C/C=C\C=C/C(O)C/C=C\CCC(=O)O[C@H]1CC[C@@]2(C)C(=CC[C@H]3[C@@H]4CC[C@H]([C@H](C)CCCC(C)C)[C@@]4(C)CC[C@@H]32)C1. The number of fused-ring (bicyclic) bond motifs is 5. The second kappa shape index (κ2) is 21.5. The van der Waals surface area contributed by atoms with Crippen molar-refractivity contribution < 1.29 is 14.6 Å². The number of allylic oxidation sites excluding steroid dienone is 11. The molecule has 4 aliphatic carbocycles. The molecule has 0 aromatic heterocycles. The quantitative estimate of drug-likeness (QED) is 0.0776. The van der Waals surface area contributed by atoms with Gasteiger partial charge in [-0.2, -0.15) is 0 Å². The summed E-state index contributed by atoms with van der Waals surface area (Å²) in [6.07, 6.45) is 46.8. The Morgan fingerprint density at radius 2 is 1.60 bits per heavy atom. The van der Waals surface area contributed by atoms with E-state index in [0.717, 1.165) is 80.5 Å². The molecule has 0 aromatic carbocycles. The van der Waals surface area contributed by atoms with Crippen molar-refractivity contribution in [1.29, 1.82) is 0 Å². The molecule has 3 nitrogen and oxygen atoms in total. The Morgan fingerprint density at radius 3 is 2.33 bits per heavy atom. The molecule has 0 aromatic rings. The minimum absolute atomic E-state index is 0.0223. The Morgan fingerprint density at radius 1 is 0.865 bits per heavy atom. The standard InChI is InChI=1S/C49H76O3/c1-7-8-9-10-11-12-13-14-15-16-17-18-20-26-41(50)27-21-19-22-28-47(51)52-42-33-35-48(5)40(37-42)29-30-43-45-32-31-44(39(4)25-23-24-38(2)3)49(45,6)36-34-46(43)48/h8-9,11-12,14-15,17-21,26,29,38-39,41-46,50H,7,10,13,16,22-25,27-28,30-37H2,1-6H3/b9-8-,12-11-,15-14-,18-17-,21-19-,26-20-/t39-,41?,42+,43+,44-,45+,46+,48+,49-/m1/s1. The molecule has 0 saturated heterocycles. The lowest BCUT2D eigenvalue weighted by Crippen LogP contribution is -2.51. The normalized spacial score (nSPS) is 32.0. The van der Waals surface area contributed by atoms with E-state index < -0.39 is 6.10 Å². The van der Waals surface area contributed by atoms with Crippen LogP contribution in [0.5, 0.6) is 0 Å². The van der Waals surface area contributed by atoms with E-state index in [9.17, 15) is 9.90 Å². The molecule has 0 amide bonds. The number of carbonyl (C=O) groups is 1. The average molecular weight is 713 g/mol. The Balaban J connectivity index is 1.13. The number of esters is 1. The molecule has 1 N–H and O–H groups in total. The lowest BCUT2D eigenvalue weighted by atomic mass is 9.47. The molecule has 3 saturated carbocycles. The van der Waals surface area contributed by atoms with E-state index in [1.54, 1.807) is 5.57 Å². The first-order valence-electron chi connectivity index (χ1n) is 21.6. The van der Waals surface area contributed by atoms with E-state index in [1.165, 1.54) is 51.4 Å². The van der Waals surface area contributed by atoms with E-state index in [1.807, 2.05) is 30.4 Å². The molecule has 0 spiro atoms. The van der Waals surface area contributed by atoms with Crippen molar-refractivity contribution >= 4 is 5.97 Å². The van der Waals surface area contributed by atoms with Crippen LogP contribution in [-0.2, 0) is 9.53 Å². The molecular formula is C49H76O3. The molecule has 0 bridgehead atoms. The van der Waals surface area contributed by atoms with Crippen molar-refractivity contribution in [3.63, 3.8) is 0 Å². The first kappa shape index (κ1) is 42.4. The van der Waals surface area contributed by atoms with E-state index in [0.29, 0.717) is 24.7 Å². The van der Waals surface area contributed by atoms with E-state index in [2.05, 4.69) is 90.2 Å². The van der Waals surface area contributed by atoms with Crippen LogP contribution in [0.4, 0.5) is 0 Å². The maximum absolute atomic E-state index is 12.8. The maximum Gasteiger partial charge on any atom is 0.306 e. The molecule has 1 unspecified atom stereocenters. The Labute approximate surface area is 319 Å². The zero-order chi connectivity index (χ0) is 37.4. The van der Waals surface area contributed by atoms with Gasteiger partial charge in [0.25, 0.3) is 0 Å². The van der Waals surface area contributed by atoms with Crippen LogP contribution in [-0.4, -0.2) is 23.3 Å². The van der Waals surface area contributed by atoms with Gasteiger partial charge in [0, 0.05) is 12.8 Å². The Kier molecular flexibility index (Phi) is 17.5. The highest BCUT2D eigenvalue weighted by Gasteiger charge is 2.59. The zero-order valence-corrected chi connectivity index (χ0v) is 34.1. The minimum Gasteiger partial charge on any atom is -0.462 e. The first-order chi connectivity index (χ1) is 25.1. The molecule has 9 atom stereocenters. The molecule has 0 aliphatic heterocycles. The molecule has 0 radical (unpaired) electrons. The molecule has 4 rings (SSSR count). The molecule has 0 heterocycles. The number of aliphatic hydroxyl groups is 1. The van der Waals surface area contributed by atoms with Crippen LogP contribution < -0.4 is 0 Å². The van der Waals surface area contributed by atoms with Crippen LogP contribution in [0.3, 0.4) is 0 Å². The van der Waals surface area contributed by atoms with Gasteiger partial charge in [-0.25, -0.2) is 0 Å². The van der Waals surface area contributed by atoms with Gasteiger partial charge in [0.1, 0.15) is 6.10 Å². The van der Waals surface area contributed by atoms with Gasteiger partial charge in [-0.05, 0) is 130 Å². The van der Waals surface area contributed by atoms with Crippen molar-refractivity contribution in [2.24, 2.45) is 46.3 Å². The third-order valence-electron chi connectivity index (χ3n) is 13.8. The van der Waals surface area contributed by atoms with E-state index >= 15 is 0 Å². The fraction of sp³-hybridized carbons (Fsp3) is 0.694. The van der Waals surface area contributed by atoms with Gasteiger partial charge in [0.05, 0.1) is 6.10 Å². The molecule has 4 aliphatic rings. The third kappa shape index (κ3) is 12.1. The number of aliphatic hydroxyl groups excluding tert-OH is 1. The average Bonchev–Trinajstić information content (AvgIpc) is 3.47. The van der Waals surface area contributed by atoms with Crippen LogP contribution in [0.15, 0.2) is 84.6 Å². The highest BCUT2D eigenvalue weighted by Crippen LogP contribution is 2.67. The van der Waals surface area contributed by atoms with Crippen molar-refractivity contribution in [1.82, 2.24) is 0 Å². The highest BCUT2D eigenvalue weighted by molar-refractivity contribution is 5.69. The maximum atomic E-state index is 12.8. The molecule has 3 fully saturated rings. The van der Waals surface area contributed by atoms with Gasteiger partial charge in [0.2, 0.25) is 0 Å². The van der Waals surface area contributed by atoms with Crippen LogP contribution in [0.25, 0.3) is 0 Å². The predicted molar refractivity (Wildman–Crippen MR) is 222 cm³/mol. The first-order valence-corrected chi connectivity index (χ1v) is 21.6. The van der Waals surface area contributed by atoms with Crippen molar-refractivity contribution in [3.05, 3.63) is 84.6 Å². The summed E-state index contributed by atoms with van der Waals surface area (Å²) in [6, 6.07) is 0. The Hall–Kier alpha value is -2.39. The monoisotopic (exact) mass is 713 g/mol. The van der Waals surface area contributed by atoms with Crippen molar-refractivity contribution in [2.45, 2.75) is 169 Å². The zero-order valence-electron chi connectivity index (χ0n) is 34.1. The van der Waals surface area contributed by atoms with Crippen molar-refractivity contribution in [2.75, 3.05) is 0 Å². The summed E-state index contributed by atoms with van der Waals surface area (Å²) in [7, 11) is 0. The van der Waals surface area contributed by atoms with Gasteiger partial charge in [-0.3, -0.25) is 4.79 Å². The Bertz CT molecular complexity index is 1290. The number of ether oxygens (including phenoxy) is 1. The molecular weight excluding hydrogens is 637 g/mol. The van der Waals surface area contributed by atoms with Crippen molar-refractivity contribution in [3.8, 4) is 0 Å². The smallest absolute Gasteiger partial charge is 0.306 e. The molecule has 290 valence electrons. The summed E-state index contributed by atoms with van der Waals surface area (Å²) >= 11 is 0. The number of hydrogen-bond acceptors (Lipinski definition) is 3. The summed E-state index contributed by atoms with van der Waals surface area (Å²) in [4.78, 5) is 12.8. The largest absolute Gasteiger partial charge is 0.462 e. The van der Waals surface area contributed by atoms with E-state index in [-0.39, 0.29) is 17.5 Å². The molecule has 52 heavy (non-hydrogen) atoms. The lowest BCUT2D eigenvalue weighted by Gasteiger charge is -2.58. The summed E-state index contributed by atoms with van der Waals surface area (Å²) in [5, 5.41) is 10.3. The summed E-state index contributed by atoms with van der Waals surface area (Å²) in [5.74, 6) is 5.00. The topological polar surface area (TPSA) is 46.5 Å². The van der Waals surface area contributed by atoms with Gasteiger partial charge in [-0.15, -0.1) is 0 Å². The summed E-state index contributed by atoms with van der Waals surface area (Å²) in [6.45, 7) is 14.7. The highest BCUT2D eigenvalue weighted by atomic mass is 16.5. The number of carbonyl (C=O) groups excluding carboxylic acids is 1. The number of hydrogen-bond donors (Lipinski definition) is 1. The van der Waals surface area contributed by atoms with Gasteiger partial charge < -0.3 is 9.84 Å². The van der Waals surface area contributed by atoms with Crippen LogP contribution >= 0.6 is 0 Å². The van der Waals surface area contributed by atoms with Crippen LogP contribution in [0, 0.1) is 46.3 Å². The summed E-state index contributed by atoms with van der Waals surface area (Å²) < 4.78 is 6.06. The van der Waals surface area contributed by atoms with Gasteiger partial charge in [-0.1, -0.05) is 145 Å². The van der Waals surface area contributed by atoms with Gasteiger partial charge >= 0.3 is 5.97 Å². The molecule has 3 heteroatoms. The second-order valence-electron chi connectivity index (χ2n) is 17.8. The van der Waals surface area contributed by atoms with E-state index in [4.69, 9.17) is 4.74 Å². The fourth-order valence-corrected chi connectivity index (χ4v) is 10.9. The van der Waals surface area contributed by atoms with Crippen LogP contribution in [0.2, 0.25) is 0 Å². The fourth-order valence-electron chi connectivity index (χ4n) is 10.9. The van der Waals surface area contributed by atoms with Gasteiger partial charge in [0.15, 0.2) is 0 Å². The third-order valence-corrected chi connectivity index (χ3v) is 13.8. The summed E-state index contributed by atoms with van der Waals surface area (Å²) in [5.41, 5.74) is 2.39. The lowest BCUT2D eigenvalue weighted by molar-refractivity contribution is -0.151. The second-order valence-corrected chi connectivity index (χ2v) is 17.8. The van der Waals surface area contributed by atoms with Crippen LogP contribution in [0.1, 0.15) is 157 Å². The minimum atomic E-state index is -0.522. The predicted octanol–water partition coefficient (Wildman–Crippen LogP) is 13.4.